The second kappa shape index (κ2) is 7.17. The van der Waals surface area contributed by atoms with Gasteiger partial charge in [-0.3, -0.25) is 14.6 Å². The molecular weight excluding hydrogens is 268 g/mol. The fourth-order valence-electron chi connectivity index (χ4n) is 2.46. The van der Waals surface area contributed by atoms with Gasteiger partial charge in [0.1, 0.15) is 6.04 Å². The van der Waals surface area contributed by atoms with Crippen LogP contribution < -0.4 is 5.32 Å². The number of carbonyl (C=O) groups is 2. The van der Waals surface area contributed by atoms with E-state index in [1.165, 1.54) is 0 Å². The third-order valence-electron chi connectivity index (χ3n) is 3.64. The zero-order valence-electron chi connectivity index (χ0n) is 12.6. The van der Waals surface area contributed by atoms with Crippen molar-refractivity contribution in [2.45, 2.75) is 18.9 Å². The molecule has 0 bridgehead atoms. The third-order valence-corrected chi connectivity index (χ3v) is 3.64. The summed E-state index contributed by atoms with van der Waals surface area (Å²) < 4.78 is 0. The van der Waals surface area contributed by atoms with E-state index >= 15 is 0 Å². The van der Waals surface area contributed by atoms with Gasteiger partial charge >= 0.3 is 0 Å². The van der Waals surface area contributed by atoms with Gasteiger partial charge in [-0.1, -0.05) is 6.07 Å². The maximum absolute atomic E-state index is 12.4. The first kappa shape index (κ1) is 15.4. The largest absolute Gasteiger partial charge is 0.347 e. The van der Waals surface area contributed by atoms with Crippen molar-refractivity contribution in [2.75, 3.05) is 33.7 Å². The molecule has 1 atom stereocenters. The van der Waals surface area contributed by atoms with Crippen molar-refractivity contribution in [1.29, 1.82) is 0 Å². The molecule has 2 amide bonds. The Labute approximate surface area is 125 Å². The van der Waals surface area contributed by atoms with Crippen LogP contribution in [0.1, 0.15) is 12.0 Å². The Morgan fingerprint density at radius 1 is 1.48 bits per heavy atom. The smallest absolute Gasteiger partial charge is 0.246 e. The molecule has 1 aliphatic rings. The summed E-state index contributed by atoms with van der Waals surface area (Å²) in [6, 6.07) is 3.43. The minimum absolute atomic E-state index is 0.0283. The van der Waals surface area contributed by atoms with Crippen LogP contribution in [0.15, 0.2) is 24.5 Å². The molecule has 2 heterocycles. The summed E-state index contributed by atoms with van der Waals surface area (Å²) >= 11 is 0. The van der Waals surface area contributed by atoms with Gasteiger partial charge in [0.2, 0.25) is 11.8 Å². The van der Waals surface area contributed by atoms with Crippen molar-refractivity contribution in [2.24, 2.45) is 0 Å². The van der Waals surface area contributed by atoms with Gasteiger partial charge < -0.3 is 15.1 Å². The second-order valence-electron chi connectivity index (χ2n) is 5.40. The second-order valence-corrected chi connectivity index (χ2v) is 5.40. The van der Waals surface area contributed by atoms with E-state index in [0.717, 1.165) is 12.1 Å². The SMILES string of the molecule is CN(C)C(=O)C1CNCCN1C(=O)CCc1cccnc1. The molecule has 0 aromatic carbocycles. The van der Waals surface area contributed by atoms with Crippen LogP contribution in [0.5, 0.6) is 0 Å². The number of hydrogen-bond acceptors (Lipinski definition) is 4. The molecular formula is C15H22N4O2. The molecule has 1 aliphatic heterocycles. The van der Waals surface area contributed by atoms with Crippen molar-refractivity contribution in [1.82, 2.24) is 20.1 Å². The fourth-order valence-corrected chi connectivity index (χ4v) is 2.46. The van der Waals surface area contributed by atoms with Gasteiger partial charge in [-0.25, -0.2) is 0 Å². The number of nitrogens with one attached hydrogen (secondary N) is 1. The van der Waals surface area contributed by atoms with Crippen molar-refractivity contribution in [3.63, 3.8) is 0 Å². The highest BCUT2D eigenvalue weighted by molar-refractivity contribution is 5.88. The van der Waals surface area contributed by atoms with E-state index in [1.807, 2.05) is 12.1 Å². The van der Waals surface area contributed by atoms with Crippen molar-refractivity contribution in [3.8, 4) is 0 Å². The highest BCUT2D eigenvalue weighted by atomic mass is 16.2. The van der Waals surface area contributed by atoms with Crippen LogP contribution in [-0.2, 0) is 16.0 Å². The van der Waals surface area contributed by atoms with Crippen LogP contribution in [0, 0.1) is 0 Å². The minimum atomic E-state index is -0.393. The topological polar surface area (TPSA) is 65.5 Å². The monoisotopic (exact) mass is 290 g/mol. The lowest BCUT2D eigenvalue weighted by Crippen LogP contribution is -2.59. The summed E-state index contributed by atoms with van der Waals surface area (Å²) in [7, 11) is 3.43. The zero-order chi connectivity index (χ0) is 15.2. The maximum atomic E-state index is 12.4. The first-order valence-electron chi connectivity index (χ1n) is 7.20. The molecule has 21 heavy (non-hydrogen) atoms. The summed E-state index contributed by atoms with van der Waals surface area (Å²) in [5.41, 5.74) is 1.04. The number of aryl methyl sites for hydroxylation is 1. The highest BCUT2D eigenvalue weighted by Crippen LogP contribution is 2.10. The first-order chi connectivity index (χ1) is 10.1. The average molecular weight is 290 g/mol. The van der Waals surface area contributed by atoms with Crippen LogP contribution in [0.3, 0.4) is 0 Å². The Kier molecular flexibility index (Phi) is 5.27. The Morgan fingerprint density at radius 3 is 2.95 bits per heavy atom. The molecule has 1 aromatic heterocycles. The predicted octanol–water partition coefficient (Wildman–Crippen LogP) is -0.0972. The maximum Gasteiger partial charge on any atom is 0.246 e. The van der Waals surface area contributed by atoms with Gasteiger partial charge in [-0.05, 0) is 18.1 Å². The Balaban J connectivity index is 1.97. The molecule has 2 rings (SSSR count). The Hall–Kier alpha value is -1.95. The molecule has 1 saturated heterocycles. The highest BCUT2D eigenvalue weighted by Gasteiger charge is 2.32. The number of likely N-dealkylation sites (N-methyl/N-ethyl adjacent to an activating group) is 1. The van der Waals surface area contributed by atoms with E-state index in [0.29, 0.717) is 25.9 Å². The van der Waals surface area contributed by atoms with E-state index < -0.39 is 6.04 Å². The van der Waals surface area contributed by atoms with Crippen LogP contribution in [-0.4, -0.2) is 66.4 Å². The number of hydrogen-bond donors (Lipinski definition) is 1. The number of pyridine rings is 1. The van der Waals surface area contributed by atoms with Gasteiger partial charge in [0.15, 0.2) is 0 Å². The molecule has 1 unspecified atom stereocenters. The molecule has 0 aliphatic carbocycles. The summed E-state index contributed by atoms with van der Waals surface area (Å²) in [4.78, 5) is 31.9. The lowest BCUT2D eigenvalue weighted by molar-refractivity contribution is -0.145. The van der Waals surface area contributed by atoms with E-state index in [4.69, 9.17) is 0 Å². The fraction of sp³-hybridized carbons (Fsp3) is 0.533. The minimum Gasteiger partial charge on any atom is -0.347 e. The standard InChI is InChI=1S/C15H22N4O2/c1-18(2)15(21)13-11-17-8-9-19(13)14(20)6-5-12-4-3-7-16-10-12/h3-4,7,10,13,17H,5-6,8-9,11H2,1-2H3. The van der Waals surface area contributed by atoms with Gasteiger partial charge in [0.25, 0.3) is 0 Å². The molecule has 0 radical (unpaired) electrons. The van der Waals surface area contributed by atoms with Crippen LogP contribution in [0.25, 0.3) is 0 Å². The first-order valence-corrected chi connectivity index (χ1v) is 7.20. The third kappa shape index (κ3) is 4.01. The summed E-state index contributed by atoms with van der Waals surface area (Å²) in [6.45, 7) is 1.83. The molecule has 6 nitrogen and oxygen atoms in total. The molecule has 114 valence electrons. The van der Waals surface area contributed by atoms with Crippen LogP contribution >= 0.6 is 0 Å². The lowest BCUT2D eigenvalue weighted by Gasteiger charge is -2.36. The Bertz CT molecular complexity index is 490. The zero-order valence-corrected chi connectivity index (χ0v) is 12.6. The molecule has 0 saturated carbocycles. The summed E-state index contributed by atoms with van der Waals surface area (Å²) in [5.74, 6) is -0.00233. The number of aromatic nitrogens is 1. The number of rotatable bonds is 4. The lowest BCUT2D eigenvalue weighted by atomic mass is 10.1. The van der Waals surface area contributed by atoms with Gasteiger partial charge in [-0.15, -0.1) is 0 Å². The average Bonchev–Trinajstić information content (AvgIpc) is 2.52. The molecule has 6 heteroatoms. The molecule has 1 aromatic rings. The van der Waals surface area contributed by atoms with E-state index in [-0.39, 0.29) is 11.8 Å². The Morgan fingerprint density at radius 2 is 2.29 bits per heavy atom. The van der Waals surface area contributed by atoms with Crippen LogP contribution in [0.4, 0.5) is 0 Å². The van der Waals surface area contributed by atoms with Gasteiger partial charge in [0, 0.05) is 52.5 Å². The van der Waals surface area contributed by atoms with E-state index in [9.17, 15) is 9.59 Å². The van der Waals surface area contributed by atoms with Crippen molar-refractivity contribution >= 4 is 11.8 Å². The number of piperazine rings is 1. The molecule has 1 fully saturated rings. The predicted molar refractivity (Wildman–Crippen MR) is 79.6 cm³/mol. The quantitative estimate of drug-likeness (QED) is 0.841. The summed E-state index contributed by atoms with van der Waals surface area (Å²) in [5, 5.41) is 3.18. The van der Waals surface area contributed by atoms with Crippen molar-refractivity contribution in [3.05, 3.63) is 30.1 Å². The van der Waals surface area contributed by atoms with E-state index in [1.54, 1.807) is 36.3 Å². The molecule has 0 spiro atoms. The van der Waals surface area contributed by atoms with Gasteiger partial charge in [0.05, 0.1) is 0 Å². The van der Waals surface area contributed by atoms with Crippen LogP contribution in [0.2, 0.25) is 0 Å². The van der Waals surface area contributed by atoms with Gasteiger partial charge in [-0.2, -0.15) is 0 Å². The number of nitrogens with zero attached hydrogens (tertiary/aromatic N) is 3. The van der Waals surface area contributed by atoms with Crippen molar-refractivity contribution < 1.29 is 9.59 Å². The number of amides is 2. The normalized spacial score (nSPS) is 18.4. The van der Waals surface area contributed by atoms with E-state index in [2.05, 4.69) is 10.3 Å². The summed E-state index contributed by atoms with van der Waals surface area (Å²) in [6.07, 6.45) is 4.54. The molecule has 1 N–H and O–H groups in total. The number of carbonyl (C=O) groups excluding carboxylic acids is 2.